The fraction of sp³-hybridized carbons (Fsp3) is 0.182. The number of rotatable bonds is 3. The summed E-state index contributed by atoms with van der Waals surface area (Å²) in [5.74, 6) is 0.983. The fourth-order valence-corrected chi connectivity index (χ4v) is 4.06. The van der Waals surface area contributed by atoms with Gasteiger partial charge < -0.3 is 10.2 Å². The molecule has 140 valence electrons. The van der Waals surface area contributed by atoms with E-state index < -0.39 is 0 Å². The lowest BCUT2D eigenvalue weighted by atomic mass is 10.1. The standard InChI is InChI=1S/C22H20ClN5/c23-18-8-4-5-9-19(18)28-14-17(16-6-2-1-3-7-16)20-21(25-15-26-22(20)28)27-12-10-24-11-13-27/h1-9,14-15,24H,10-13H2. The van der Waals surface area contributed by atoms with Crippen LogP contribution in [0.2, 0.25) is 5.02 Å². The summed E-state index contributed by atoms with van der Waals surface area (Å²) in [6, 6.07) is 18.3. The van der Waals surface area contributed by atoms with Gasteiger partial charge in [-0.15, -0.1) is 0 Å². The first-order valence-corrected chi connectivity index (χ1v) is 9.83. The molecule has 1 saturated heterocycles. The summed E-state index contributed by atoms with van der Waals surface area (Å²) >= 11 is 6.52. The zero-order valence-electron chi connectivity index (χ0n) is 15.3. The van der Waals surface area contributed by atoms with Gasteiger partial charge in [0.2, 0.25) is 0 Å². The predicted octanol–water partition coefficient (Wildman–Crippen LogP) is 4.15. The van der Waals surface area contributed by atoms with Crippen LogP contribution in [0.15, 0.2) is 67.1 Å². The van der Waals surface area contributed by atoms with E-state index in [1.807, 2.05) is 30.3 Å². The van der Waals surface area contributed by atoms with Crippen LogP contribution in [0, 0.1) is 0 Å². The fourth-order valence-electron chi connectivity index (χ4n) is 3.83. The third kappa shape index (κ3) is 2.93. The normalized spacial score (nSPS) is 14.5. The molecule has 28 heavy (non-hydrogen) atoms. The van der Waals surface area contributed by atoms with E-state index in [-0.39, 0.29) is 0 Å². The van der Waals surface area contributed by atoms with Gasteiger partial charge in [-0.2, -0.15) is 0 Å². The molecule has 0 saturated carbocycles. The SMILES string of the molecule is Clc1ccccc1-n1cc(-c2ccccc2)c2c(N3CCNCC3)ncnc21. The Balaban J connectivity index is 1.80. The van der Waals surface area contributed by atoms with Crippen LogP contribution in [0.5, 0.6) is 0 Å². The molecule has 5 rings (SSSR count). The van der Waals surface area contributed by atoms with Gasteiger partial charge in [0, 0.05) is 37.9 Å². The van der Waals surface area contributed by atoms with Crippen molar-refractivity contribution in [2.75, 3.05) is 31.1 Å². The zero-order chi connectivity index (χ0) is 18.9. The summed E-state index contributed by atoms with van der Waals surface area (Å²) in [6.45, 7) is 3.77. The molecule has 0 bridgehead atoms. The third-order valence-corrected chi connectivity index (χ3v) is 5.50. The lowest BCUT2D eigenvalue weighted by Crippen LogP contribution is -2.44. The number of nitrogens with zero attached hydrogens (tertiary/aromatic N) is 4. The van der Waals surface area contributed by atoms with Gasteiger partial charge in [-0.05, 0) is 17.7 Å². The summed E-state index contributed by atoms with van der Waals surface area (Å²) in [4.78, 5) is 11.7. The van der Waals surface area contributed by atoms with E-state index in [0.29, 0.717) is 5.02 Å². The van der Waals surface area contributed by atoms with Crippen LogP contribution in [0.1, 0.15) is 0 Å². The Morgan fingerprint density at radius 3 is 2.43 bits per heavy atom. The van der Waals surface area contributed by atoms with E-state index in [0.717, 1.165) is 59.8 Å². The topological polar surface area (TPSA) is 46.0 Å². The van der Waals surface area contributed by atoms with Crippen LogP contribution in [0.4, 0.5) is 5.82 Å². The number of benzene rings is 2. The van der Waals surface area contributed by atoms with E-state index in [1.165, 1.54) is 0 Å². The lowest BCUT2D eigenvalue weighted by molar-refractivity contribution is 0.586. The lowest BCUT2D eigenvalue weighted by Gasteiger charge is -2.29. The molecule has 3 heterocycles. The van der Waals surface area contributed by atoms with Crippen LogP contribution >= 0.6 is 11.6 Å². The van der Waals surface area contributed by atoms with E-state index >= 15 is 0 Å². The molecule has 6 heteroatoms. The van der Waals surface area contributed by atoms with Gasteiger partial charge in [-0.25, -0.2) is 9.97 Å². The number of nitrogens with one attached hydrogen (secondary N) is 1. The summed E-state index contributed by atoms with van der Waals surface area (Å²) in [6.07, 6.45) is 3.78. The van der Waals surface area contributed by atoms with E-state index in [4.69, 9.17) is 11.6 Å². The number of anilines is 1. The Morgan fingerprint density at radius 2 is 1.64 bits per heavy atom. The number of hydrogen-bond acceptors (Lipinski definition) is 4. The minimum Gasteiger partial charge on any atom is -0.353 e. The van der Waals surface area contributed by atoms with Gasteiger partial charge in [0.25, 0.3) is 0 Å². The minimum atomic E-state index is 0.696. The summed E-state index contributed by atoms with van der Waals surface area (Å²) in [5, 5.41) is 5.17. The highest BCUT2D eigenvalue weighted by molar-refractivity contribution is 6.32. The summed E-state index contributed by atoms with van der Waals surface area (Å²) in [5.41, 5.74) is 4.05. The smallest absolute Gasteiger partial charge is 0.150 e. The Bertz CT molecular complexity index is 1120. The first kappa shape index (κ1) is 17.2. The first-order valence-electron chi connectivity index (χ1n) is 9.45. The molecule has 2 aromatic carbocycles. The summed E-state index contributed by atoms with van der Waals surface area (Å²) in [7, 11) is 0. The van der Waals surface area contributed by atoms with E-state index in [2.05, 4.69) is 55.2 Å². The van der Waals surface area contributed by atoms with Crippen LogP contribution in [-0.2, 0) is 0 Å². The van der Waals surface area contributed by atoms with Gasteiger partial charge in [0.1, 0.15) is 12.1 Å². The van der Waals surface area contributed by atoms with Crippen LogP contribution < -0.4 is 10.2 Å². The molecule has 0 amide bonds. The van der Waals surface area contributed by atoms with Crippen LogP contribution in [0.25, 0.3) is 27.8 Å². The van der Waals surface area contributed by atoms with Gasteiger partial charge in [-0.1, -0.05) is 54.1 Å². The highest BCUT2D eigenvalue weighted by atomic mass is 35.5. The quantitative estimate of drug-likeness (QED) is 0.571. The van der Waals surface area contributed by atoms with Crippen molar-refractivity contribution in [1.29, 1.82) is 0 Å². The highest BCUT2D eigenvalue weighted by Gasteiger charge is 2.22. The second-order valence-corrected chi connectivity index (χ2v) is 7.27. The van der Waals surface area contributed by atoms with Crippen LogP contribution in [0.3, 0.4) is 0 Å². The average Bonchev–Trinajstić information content (AvgIpc) is 3.15. The predicted molar refractivity (Wildman–Crippen MR) is 114 cm³/mol. The molecule has 4 aromatic rings. The van der Waals surface area contributed by atoms with Crippen molar-refractivity contribution in [3.8, 4) is 16.8 Å². The number of hydrogen-bond donors (Lipinski definition) is 1. The molecule has 2 aromatic heterocycles. The van der Waals surface area contributed by atoms with Crippen molar-refractivity contribution in [3.63, 3.8) is 0 Å². The largest absolute Gasteiger partial charge is 0.353 e. The Hall–Kier alpha value is -2.89. The molecule has 0 atom stereocenters. The molecular formula is C22H20ClN5. The maximum absolute atomic E-state index is 6.52. The second kappa shape index (κ2) is 7.26. The minimum absolute atomic E-state index is 0.696. The zero-order valence-corrected chi connectivity index (χ0v) is 16.1. The maximum atomic E-state index is 6.52. The molecule has 1 fully saturated rings. The monoisotopic (exact) mass is 389 g/mol. The van der Waals surface area contributed by atoms with Crippen molar-refractivity contribution >= 4 is 28.5 Å². The summed E-state index contributed by atoms with van der Waals surface area (Å²) < 4.78 is 2.08. The molecule has 5 nitrogen and oxygen atoms in total. The van der Waals surface area contributed by atoms with Crippen molar-refractivity contribution in [2.24, 2.45) is 0 Å². The molecule has 0 radical (unpaired) electrons. The number of para-hydroxylation sites is 1. The molecule has 0 aliphatic carbocycles. The van der Waals surface area contributed by atoms with Gasteiger partial charge in [0.15, 0.2) is 5.65 Å². The maximum Gasteiger partial charge on any atom is 0.150 e. The van der Waals surface area contributed by atoms with E-state index in [1.54, 1.807) is 6.33 Å². The van der Waals surface area contributed by atoms with Gasteiger partial charge in [-0.3, -0.25) is 4.57 Å². The average molecular weight is 390 g/mol. The number of aromatic nitrogens is 3. The van der Waals surface area contributed by atoms with Gasteiger partial charge in [0.05, 0.1) is 16.1 Å². The van der Waals surface area contributed by atoms with Crippen molar-refractivity contribution in [3.05, 3.63) is 72.1 Å². The molecule has 0 spiro atoms. The Labute approximate surface area is 168 Å². The Morgan fingerprint density at radius 1 is 0.893 bits per heavy atom. The molecule has 1 aliphatic rings. The van der Waals surface area contributed by atoms with Crippen molar-refractivity contribution in [2.45, 2.75) is 0 Å². The third-order valence-electron chi connectivity index (χ3n) is 5.18. The van der Waals surface area contributed by atoms with Crippen molar-refractivity contribution in [1.82, 2.24) is 19.9 Å². The van der Waals surface area contributed by atoms with Crippen molar-refractivity contribution < 1.29 is 0 Å². The number of fused-ring (bicyclic) bond motifs is 1. The van der Waals surface area contributed by atoms with Crippen LogP contribution in [-0.4, -0.2) is 40.7 Å². The molecular weight excluding hydrogens is 370 g/mol. The molecule has 1 N–H and O–H groups in total. The Kier molecular flexibility index (Phi) is 4.47. The number of piperazine rings is 1. The second-order valence-electron chi connectivity index (χ2n) is 6.86. The molecule has 1 aliphatic heterocycles. The van der Waals surface area contributed by atoms with E-state index in [9.17, 15) is 0 Å². The highest BCUT2D eigenvalue weighted by Crippen LogP contribution is 2.37. The van der Waals surface area contributed by atoms with Gasteiger partial charge >= 0.3 is 0 Å². The molecule has 0 unspecified atom stereocenters. The first-order chi connectivity index (χ1) is 13.8. The number of halogens is 1.